The smallest absolute Gasteiger partial charge is 0.270 e. The van der Waals surface area contributed by atoms with Crippen molar-refractivity contribution in [2.24, 2.45) is 13.0 Å². The van der Waals surface area contributed by atoms with E-state index in [-0.39, 0.29) is 17.9 Å². The van der Waals surface area contributed by atoms with Gasteiger partial charge in [-0.3, -0.25) is 4.79 Å². The molecule has 0 radical (unpaired) electrons. The lowest BCUT2D eigenvalue weighted by Crippen LogP contribution is -2.50. The van der Waals surface area contributed by atoms with Gasteiger partial charge in [0.1, 0.15) is 5.69 Å². The molecule has 0 bridgehead atoms. The molecule has 1 amide bonds. The molecule has 2 aliphatic rings. The lowest BCUT2D eigenvalue weighted by atomic mass is 9.72. The van der Waals surface area contributed by atoms with Crippen LogP contribution in [-0.4, -0.2) is 38.7 Å². The number of rotatable bonds is 2. The molecule has 22 heavy (non-hydrogen) atoms. The minimum Gasteiger partial charge on any atom is -0.390 e. The summed E-state index contributed by atoms with van der Waals surface area (Å²) < 4.78 is 1.97. The van der Waals surface area contributed by atoms with E-state index in [1.807, 2.05) is 42.5 Å². The normalized spacial score (nSPS) is 32.5. The molecule has 4 heteroatoms. The Morgan fingerprint density at radius 3 is 2.68 bits per heavy atom. The summed E-state index contributed by atoms with van der Waals surface area (Å²) in [4.78, 5) is 15.0. The number of nitrogens with zero attached hydrogens (tertiary/aromatic N) is 2. The number of amides is 1. The molecule has 3 rings (SSSR count). The molecule has 4 nitrogen and oxygen atoms in total. The first kappa shape index (κ1) is 15.6. The van der Waals surface area contributed by atoms with Gasteiger partial charge < -0.3 is 14.6 Å². The number of likely N-dealkylation sites (tertiary alicyclic amines) is 1. The second-order valence-corrected chi connectivity index (χ2v) is 7.34. The Morgan fingerprint density at radius 2 is 2.05 bits per heavy atom. The minimum absolute atomic E-state index is 0.125. The monoisotopic (exact) mass is 304 g/mol. The SMILES string of the molecule is Cc1ccc(C(=O)N2CCC[C@@H]2[C@@H]2CCCC[C@@]2(C)O)n1C. The van der Waals surface area contributed by atoms with Crippen LogP contribution >= 0.6 is 0 Å². The van der Waals surface area contributed by atoms with E-state index in [2.05, 4.69) is 0 Å². The van der Waals surface area contributed by atoms with Crippen molar-refractivity contribution in [2.75, 3.05) is 6.54 Å². The molecule has 1 aromatic heterocycles. The van der Waals surface area contributed by atoms with E-state index < -0.39 is 5.60 Å². The maximum absolute atomic E-state index is 13.0. The molecule has 1 saturated carbocycles. The van der Waals surface area contributed by atoms with E-state index in [9.17, 15) is 9.90 Å². The Kier molecular flexibility index (Phi) is 4.06. The van der Waals surface area contributed by atoms with E-state index >= 15 is 0 Å². The molecule has 0 unspecified atom stereocenters. The Labute approximate surface area is 133 Å². The number of hydrogen-bond acceptors (Lipinski definition) is 2. The fourth-order valence-electron chi connectivity index (χ4n) is 4.39. The van der Waals surface area contributed by atoms with Gasteiger partial charge >= 0.3 is 0 Å². The van der Waals surface area contributed by atoms with Gasteiger partial charge in [0.25, 0.3) is 5.91 Å². The van der Waals surface area contributed by atoms with Crippen LogP contribution in [0.2, 0.25) is 0 Å². The Hall–Kier alpha value is -1.29. The van der Waals surface area contributed by atoms with Crippen LogP contribution in [0.25, 0.3) is 0 Å². The summed E-state index contributed by atoms with van der Waals surface area (Å²) >= 11 is 0. The molecular weight excluding hydrogens is 276 g/mol. The lowest BCUT2D eigenvalue weighted by molar-refractivity contribution is -0.0578. The van der Waals surface area contributed by atoms with Crippen molar-refractivity contribution in [3.8, 4) is 0 Å². The summed E-state index contributed by atoms with van der Waals surface area (Å²) in [7, 11) is 1.95. The highest BCUT2D eigenvalue weighted by Crippen LogP contribution is 2.41. The first-order chi connectivity index (χ1) is 10.4. The predicted molar refractivity (Wildman–Crippen MR) is 86.8 cm³/mol. The summed E-state index contributed by atoms with van der Waals surface area (Å²) in [6.07, 6.45) is 6.24. The zero-order chi connectivity index (χ0) is 15.9. The highest BCUT2D eigenvalue weighted by atomic mass is 16.3. The maximum Gasteiger partial charge on any atom is 0.270 e. The van der Waals surface area contributed by atoms with Crippen LogP contribution in [0.1, 0.15) is 61.6 Å². The number of aryl methyl sites for hydroxylation is 1. The summed E-state index contributed by atoms with van der Waals surface area (Å²) in [6, 6.07) is 4.11. The van der Waals surface area contributed by atoms with Gasteiger partial charge in [-0.1, -0.05) is 12.8 Å². The number of aliphatic hydroxyl groups is 1. The van der Waals surface area contributed by atoms with E-state index in [1.165, 1.54) is 6.42 Å². The highest BCUT2D eigenvalue weighted by molar-refractivity contribution is 5.93. The first-order valence-corrected chi connectivity index (χ1v) is 8.57. The van der Waals surface area contributed by atoms with Crippen LogP contribution in [0.4, 0.5) is 0 Å². The van der Waals surface area contributed by atoms with Crippen LogP contribution < -0.4 is 0 Å². The van der Waals surface area contributed by atoms with Crippen molar-refractivity contribution in [3.63, 3.8) is 0 Å². The molecule has 2 heterocycles. The Bertz CT molecular complexity index is 561. The predicted octanol–water partition coefficient (Wildman–Crippen LogP) is 2.88. The molecule has 2 fully saturated rings. The Morgan fingerprint density at radius 1 is 1.27 bits per heavy atom. The lowest BCUT2D eigenvalue weighted by Gasteiger charge is -2.43. The summed E-state index contributed by atoms with van der Waals surface area (Å²) in [5.74, 6) is 0.341. The average molecular weight is 304 g/mol. The summed E-state index contributed by atoms with van der Waals surface area (Å²) in [5.41, 5.74) is 1.24. The number of hydrogen-bond donors (Lipinski definition) is 1. The van der Waals surface area contributed by atoms with Gasteiger partial charge in [0.15, 0.2) is 0 Å². The van der Waals surface area contributed by atoms with Gasteiger partial charge in [-0.05, 0) is 51.7 Å². The van der Waals surface area contributed by atoms with Crippen LogP contribution in [0.3, 0.4) is 0 Å². The standard InChI is InChI=1S/C18H28N2O2/c1-13-9-10-16(19(13)3)17(21)20-12-6-8-15(20)14-7-4-5-11-18(14,2)22/h9-10,14-15,22H,4-8,11-12H2,1-3H3/t14-,15+,18+/m0/s1. The molecule has 1 aliphatic heterocycles. The first-order valence-electron chi connectivity index (χ1n) is 8.57. The molecule has 122 valence electrons. The molecule has 1 aromatic rings. The van der Waals surface area contributed by atoms with Crippen molar-refractivity contribution in [2.45, 2.75) is 64.0 Å². The quantitative estimate of drug-likeness (QED) is 0.913. The van der Waals surface area contributed by atoms with Crippen LogP contribution in [0, 0.1) is 12.8 Å². The van der Waals surface area contributed by atoms with Gasteiger partial charge in [-0.2, -0.15) is 0 Å². The Balaban J connectivity index is 1.84. The molecule has 1 aliphatic carbocycles. The van der Waals surface area contributed by atoms with Gasteiger partial charge in [0.2, 0.25) is 0 Å². The largest absolute Gasteiger partial charge is 0.390 e. The third-order valence-corrected chi connectivity index (χ3v) is 5.86. The number of aromatic nitrogens is 1. The van der Waals surface area contributed by atoms with Crippen molar-refractivity contribution in [3.05, 3.63) is 23.5 Å². The summed E-state index contributed by atoms with van der Waals surface area (Å²) in [5, 5.41) is 10.8. The number of carbonyl (C=O) groups excluding carboxylic acids is 1. The van der Waals surface area contributed by atoms with E-state index in [0.29, 0.717) is 0 Å². The van der Waals surface area contributed by atoms with E-state index in [0.717, 1.165) is 50.0 Å². The fraction of sp³-hybridized carbons (Fsp3) is 0.722. The average Bonchev–Trinajstić information content (AvgIpc) is 3.06. The van der Waals surface area contributed by atoms with Crippen molar-refractivity contribution in [1.29, 1.82) is 0 Å². The van der Waals surface area contributed by atoms with Gasteiger partial charge in [-0.25, -0.2) is 0 Å². The maximum atomic E-state index is 13.0. The second kappa shape index (κ2) is 5.73. The third-order valence-electron chi connectivity index (χ3n) is 5.86. The molecule has 1 N–H and O–H groups in total. The molecule has 3 atom stereocenters. The van der Waals surface area contributed by atoms with Crippen molar-refractivity contribution >= 4 is 5.91 Å². The third kappa shape index (κ3) is 2.58. The van der Waals surface area contributed by atoms with E-state index in [4.69, 9.17) is 0 Å². The van der Waals surface area contributed by atoms with Crippen LogP contribution in [0.5, 0.6) is 0 Å². The van der Waals surface area contributed by atoms with E-state index in [1.54, 1.807) is 0 Å². The molecule has 0 aromatic carbocycles. The topological polar surface area (TPSA) is 45.5 Å². The molecular formula is C18H28N2O2. The number of carbonyl (C=O) groups is 1. The second-order valence-electron chi connectivity index (χ2n) is 7.34. The van der Waals surface area contributed by atoms with Gasteiger partial charge in [-0.15, -0.1) is 0 Å². The van der Waals surface area contributed by atoms with Crippen molar-refractivity contribution in [1.82, 2.24) is 9.47 Å². The highest BCUT2D eigenvalue weighted by Gasteiger charge is 2.45. The van der Waals surface area contributed by atoms with Crippen LogP contribution in [0.15, 0.2) is 12.1 Å². The fourth-order valence-corrected chi connectivity index (χ4v) is 4.39. The van der Waals surface area contributed by atoms with Gasteiger partial charge in [0.05, 0.1) is 5.60 Å². The zero-order valence-corrected chi connectivity index (χ0v) is 14.0. The molecule has 1 saturated heterocycles. The zero-order valence-electron chi connectivity index (χ0n) is 14.0. The minimum atomic E-state index is -0.629. The molecule has 0 spiro atoms. The summed E-state index contributed by atoms with van der Waals surface area (Å²) in [6.45, 7) is 4.80. The van der Waals surface area contributed by atoms with Crippen LogP contribution in [-0.2, 0) is 7.05 Å². The van der Waals surface area contributed by atoms with Crippen molar-refractivity contribution < 1.29 is 9.90 Å². The van der Waals surface area contributed by atoms with Gasteiger partial charge in [0, 0.05) is 31.2 Å².